The summed E-state index contributed by atoms with van der Waals surface area (Å²) >= 11 is 2.44. The van der Waals surface area contributed by atoms with Crippen LogP contribution in [0.1, 0.15) is 61.4 Å². The lowest BCUT2D eigenvalue weighted by atomic mass is 10.0. The zero-order valence-electron chi connectivity index (χ0n) is 10.7. The highest BCUT2D eigenvalue weighted by atomic mass is 127. The van der Waals surface area contributed by atoms with E-state index in [0.717, 1.165) is 5.56 Å². The van der Waals surface area contributed by atoms with Crippen LogP contribution in [0.25, 0.3) is 0 Å². The molecular weight excluding hydrogens is 323 g/mol. The van der Waals surface area contributed by atoms with E-state index in [1.807, 2.05) is 18.2 Å². The molecule has 1 aromatic rings. The Labute approximate surface area is 119 Å². The summed E-state index contributed by atoms with van der Waals surface area (Å²) in [6.45, 7) is 2.25. The molecule has 0 bridgehead atoms. The van der Waals surface area contributed by atoms with E-state index < -0.39 is 0 Å². The Balaban J connectivity index is 2.21. The fourth-order valence-electron chi connectivity index (χ4n) is 2.01. The second-order valence-electron chi connectivity index (χ2n) is 4.58. The third-order valence-corrected chi connectivity index (χ3v) is 4.38. The molecule has 0 aliphatic rings. The first-order valence-corrected chi connectivity index (χ1v) is 7.92. The second kappa shape index (κ2) is 8.78. The van der Waals surface area contributed by atoms with Crippen molar-refractivity contribution in [1.82, 2.24) is 0 Å². The van der Waals surface area contributed by atoms with Crippen molar-refractivity contribution < 1.29 is 5.11 Å². The molecule has 1 atom stereocenters. The Kier molecular flexibility index (Phi) is 7.65. The molecule has 0 saturated heterocycles. The number of aromatic hydroxyl groups is 1. The maximum absolute atomic E-state index is 9.75. The summed E-state index contributed by atoms with van der Waals surface area (Å²) in [5.41, 5.74) is 1.08. The lowest BCUT2D eigenvalue weighted by molar-refractivity contribution is 0.466. The molecule has 2 heteroatoms. The fraction of sp³-hybridized carbons (Fsp3) is 0.600. The number of para-hydroxylation sites is 1. The molecule has 96 valence electrons. The van der Waals surface area contributed by atoms with E-state index in [2.05, 4.69) is 29.5 Å². The van der Waals surface area contributed by atoms with E-state index in [1.165, 1.54) is 44.9 Å². The first kappa shape index (κ1) is 14.8. The van der Waals surface area contributed by atoms with Crippen molar-refractivity contribution in [3.63, 3.8) is 0 Å². The van der Waals surface area contributed by atoms with Crippen LogP contribution in [0.4, 0.5) is 0 Å². The van der Waals surface area contributed by atoms with E-state index in [9.17, 15) is 5.11 Å². The summed E-state index contributed by atoms with van der Waals surface area (Å²) < 4.78 is 0.444. The van der Waals surface area contributed by atoms with Gasteiger partial charge in [0.1, 0.15) is 5.75 Å². The van der Waals surface area contributed by atoms with E-state index in [1.54, 1.807) is 6.07 Å². The van der Waals surface area contributed by atoms with E-state index in [4.69, 9.17) is 0 Å². The summed E-state index contributed by atoms with van der Waals surface area (Å²) in [6, 6.07) is 7.70. The largest absolute Gasteiger partial charge is 0.508 e. The predicted octanol–water partition coefficient (Wildman–Crippen LogP) is 5.62. The molecule has 0 aliphatic heterocycles. The summed E-state index contributed by atoms with van der Waals surface area (Å²) in [4.78, 5) is 0. The maximum atomic E-state index is 9.75. The highest BCUT2D eigenvalue weighted by Crippen LogP contribution is 2.34. The van der Waals surface area contributed by atoms with Gasteiger partial charge in [-0.05, 0) is 12.5 Å². The quantitative estimate of drug-likeness (QED) is 0.368. The molecule has 0 aromatic heterocycles. The maximum Gasteiger partial charge on any atom is 0.119 e. The van der Waals surface area contributed by atoms with Gasteiger partial charge in [-0.25, -0.2) is 0 Å². The molecule has 0 aliphatic carbocycles. The van der Waals surface area contributed by atoms with Gasteiger partial charge in [0.2, 0.25) is 0 Å². The van der Waals surface area contributed by atoms with Gasteiger partial charge in [-0.1, -0.05) is 86.2 Å². The average Bonchev–Trinajstić information content (AvgIpc) is 2.34. The third kappa shape index (κ3) is 5.75. The number of rotatable bonds is 8. The Morgan fingerprint density at radius 3 is 2.41 bits per heavy atom. The van der Waals surface area contributed by atoms with Crippen molar-refractivity contribution in [1.29, 1.82) is 0 Å². The molecule has 17 heavy (non-hydrogen) atoms. The van der Waals surface area contributed by atoms with Crippen molar-refractivity contribution >= 4 is 22.6 Å². The Morgan fingerprint density at radius 2 is 1.71 bits per heavy atom. The SMILES string of the molecule is CCCCCCCCC(I)c1ccccc1O. The highest BCUT2D eigenvalue weighted by molar-refractivity contribution is 14.1. The normalized spacial score (nSPS) is 12.6. The second-order valence-corrected chi connectivity index (χ2v) is 6.09. The Morgan fingerprint density at radius 1 is 1.06 bits per heavy atom. The minimum Gasteiger partial charge on any atom is -0.508 e. The molecule has 0 heterocycles. The molecule has 1 aromatic carbocycles. The van der Waals surface area contributed by atoms with Gasteiger partial charge < -0.3 is 5.11 Å². The molecular formula is C15H23IO. The fourth-order valence-corrected chi connectivity index (χ4v) is 2.98. The van der Waals surface area contributed by atoms with Gasteiger partial charge in [-0.2, -0.15) is 0 Å². The molecule has 0 saturated carbocycles. The van der Waals surface area contributed by atoms with Crippen molar-refractivity contribution in [2.75, 3.05) is 0 Å². The van der Waals surface area contributed by atoms with Crippen LogP contribution in [-0.4, -0.2) is 5.11 Å². The number of halogens is 1. The number of phenolic OH excluding ortho intramolecular Hbond substituents is 1. The summed E-state index contributed by atoms with van der Waals surface area (Å²) in [7, 11) is 0. The van der Waals surface area contributed by atoms with Crippen LogP contribution in [0.3, 0.4) is 0 Å². The van der Waals surface area contributed by atoms with Crippen LogP contribution in [0.15, 0.2) is 24.3 Å². The highest BCUT2D eigenvalue weighted by Gasteiger charge is 2.10. The van der Waals surface area contributed by atoms with Crippen LogP contribution in [-0.2, 0) is 0 Å². The molecule has 1 N–H and O–H groups in total. The number of phenols is 1. The van der Waals surface area contributed by atoms with Crippen molar-refractivity contribution in [3.8, 4) is 5.75 Å². The Bertz CT molecular complexity index is 312. The summed E-state index contributed by atoms with van der Waals surface area (Å²) in [5, 5.41) is 9.75. The zero-order chi connectivity index (χ0) is 12.5. The molecule has 0 amide bonds. The predicted molar refractivity (Wildman–Crippen MR) is 82.9 cm³/mol. The van der Waals surface area contributed by atoms with Crippen molar-refractivity contribution in [2.24, 2.45) is 0 Å². The van der Waals surface area contributed by atoms with Gasteiger partial charge in [0.15, 0.2) is 0 Å². The molecule has 1 nitrogen and oxygen atoms in total. The number of alkyl halides is 1. The number of hydrogen-bond donors (Lipinski definition) is 1. The Hall–Kier alpha value is -0.250. The van der Waals surface area contributed by atoms with Crippen molar-refractivity contribution in [2.45, 2.75) is 55.8 Å². The number of benzene rings is 1. The topological polar surface area (TPSA) is 20.2 Å². The first-order chi connectivity index (χ1) is 8.25. The van der Waals surface area contributed by atoms with Crippen LogP contribution in [0.2, 0.25) is 0 Å². The first-order valence-electron chi connectivity index (χ1n) is 6.67. The standard InChI is InChI=1S/C15H23IO/c1-2-3-4-5-6-7-11-14(16)13-10-8-9-12-15(13)17/h8-10,12,14,17H,2-7,11H2,1H3. The lowest BCUT2D eigenvalue weighted by Crippen LogP contribution is -1.91. The monoisotopic (exact) mass is 346 g/mol. The van der Waals surface area contributed by atoms with Gasteiger partial charge >= 0.3 is 0 Å². The number of unbranched alkanes of at least 4 members (excludes halogenated alkanes) is 5. The van der Waals surface area contributed by atoms with Gasteiger partial charge in [0.05, 0.1) is 0 Å². The molecule has 0 spiro atoms. The van der Waals surface area contributed by atoms with Gasteiger partial charge in [0.25, 0.3) is 0 Å². The summed E-state index contributed by atoms with van der Waals surface area (Å²) in [5.74, 6) is 0.442. The lowest BCUT2D eigenvalue weighted by Gasteiger charge is -2.11. The van der Waals surface area contributed by atoms with Crippen molar-refractivity contribution in [3.05, 3.63) is 29.8 Å². The van der Waals surface area contributed by atoms with E-state index in [0.29, 0.717) is 9.67 Å². The average molecular weight is 346 g/mol. The number of hydrogen-bond acceptors (Lipinski definition) is 1. The smallest absolute Gasteiger partial charge is 0.119 e. The van der Waals surface area contributed by atoms with Gasteiger partial charge in [-0.15, -0.1) is 0 Å². The minimum atomic E-state index is 0.442. The minimum absolute atomic E-state index is 0.442. The zero-order valence-corrected chi connectivity index (χ0v) is 12.8. The molecule has 1 unspecified atom stereocenters. The van der Waals surface area contributed by atoms with E-state index in [-0.39, 0.29) is 0 Å². The van der Waals surface area contributed by atoms with E-state index >= 15 is 0 Å². The van der Waals surface area contributed by atoms with Gasteiger partial charge in [0, 0.05) is 9.49 Å². The summed E-state index contributed by atoms with van der Waals surface area (Å²) in [6.07, 6.45) is 9.18. The van der Waals surface area contributed by atoms with Crippen LogP contribution in [0, 0.1) is 0 Å². The molecule has 1 rings (SSSR count). The van der Waals surface area contributed by atoms with Crippen LogP contribution >= 0.6 is 22.6 Å². The van der Waals surface area contributed by atoms with Crippen LogP contribution in [0.5, 0.6) is 5.75 Å². The van der Waals surface area contributed by atoms with Gasteiger partial charge in [-0.3, -0.25) is 0 Å². The molecule has 0 fully saturated rings. The van der Waals surface area contributed by atoms with Crippen LogP contribution < -0.4 is 0 Å². The third-order valence-electron chi connectivity index (χ3n) is 3.09. The molecule has 0 radical (unpaired) electrons.